The number of benzene rings is 1. The van der Waals surface area contributed by atoms with Crippen LogP contribution in [0.2, 0.25) is 0 Å². The van der Waals surface area contributed by atoms with Gasteiger partial charge in [0.1, 0.15) is 0 Å². The van der Waals surface area contributed by atoms with Crippen LogP contribution in [0.1, 0.15) is 10.9 Å². The number of hydrogen-bond donors (Lipinski definition) is 2. The van der Waals surface area contributed by atoms with Gasteiger partial charge in [-0.1, -0.05) is 0 Å². The third kappa shape index (κ3) is 4.17. The Morgan fingerprint density at radius 3 is 2.74 bits per heavy atom. The molecule has 7 heteroatoms. The summed E-state index contributed by atoms with van der Waals surface area (Å²) in [6.07, 6.45) is 4.18. The van der Waals surface area contributed by atoms with Gasteiger partial charge in [0.15, 0.2) is 11.7 Å². The van der Waals surface area contributed by atoms with E-state index in [4.69, 9.17) is 4.42 Å². The van der Waals surface area contributed by atoms with Gasteiger partial charge in [-0.05, 0) is 24.3 Å². The number of oxazole rings is 1. The van der Waals surface area contributed by atoms with Gasteiger partial charge < -0.3 is 15.1 Å². The Labute approximate surface area is 137 Å². The van der Waals surface area contributed by atoms with Crippen LogP contribution in [0.15, 0.2) is 46.5 Å². The first-order valence-corrected chi connectivity index (χ1v) is 8.05. The first-order chi connectivity index (χ1) is 11.2. The summed E-state index contributed by atoms with van der Waals surface area (Å²) in [6.45, 7) is 2.35. The van der Waals surface area contributed by atoms with Crippen LogP contribution in [0.25, 0.3) is 11.3 Å². The first kappa shape index (κ1) is 15.2. The molecule has 2 amide bonds. The molecule has 2 heterocycles. The average Bonchev–Trinajstić information content (AvgIpc) is 3.20. The highest BCUT2D eigenvalue weighted by molar-refractivity contribution is 7.09. The molecule has 23 heavy (non-hydrogen) atoms. The van der Waals surface area contributed by atoms with Crippen molar-refractivity contribution in [1.82, 2.24) is 15.3 Å². The fraction of sp³-hybridized carbons (Fsp3) is 0.188. The SMILES string of the molecule is Cc1ncc(-c2ccc(NC(=O)NCCc3nccs3)cc2)o1. The highest BCUT2D eigenvalue weighted by atomic mass is 32.1. The van der Waals surface area contributed by atoms with E-state index < -0.39 is 0 Å². The molecule has 118 valence electrons. The van der Waals surface area contributed by atoms with E-state index in [1.807, 2.05) is 29.6 Å². The standard InChI is InChI=1S/C16H16N4O2S/c1-11-19-10-14(22-11)12-2-4-13(5-3-12)20-16(21)18-7-6-15-17-8-9-23-15/h2-5,8-10H,6-7H2,1H3,(H2,18,20,21). The number of hydrogen-bond acceptors (Lipinski definition) is 5. The minimum Gasteiger partial charge on any atom is -0.441 e. The van der Waals surface area contributed by atoms with E-state index in [2.05, 4.69) is 20.6 Å². The molecule has 0 aliphatic carbocycles. The molecule has 6 nitrogen and oxygen atoms in total. The van der Waals surface area contributed by atoms with Crippen molar-refractivity contribution >= 4 is 23.1 Å². The molecular weight excluding hydrogens is 312 g/mol. The van der Waals surface area contributed by atoms with Crippen LogP contribution in [0.5, 0.6) is 0 Å². The molecule has 1 aromatic carbocycles. The van der Waals surface area contributed by atoms with Crippen LogP contribution in [-0.4, -0.2) is 22.5 Å². The largest absolute Gasteiger partial charge is 0.441 e. The van der Waals surface area contributed by atoms with Gasteiger partial charge in [0.05, 0.1) is 11.2 Å². The van der Waals surface area contributed by atoms with E-state index in [1.54, 1.807) is 30.7 Å². The summed E-state index contributed by atoms with van der Waals surface area (Å²) in [5.41, 5.74) is 1.64. The maximum atomic E-state index is 11.8. The fourth-order valence-corrected chi connectivity index (χ4v) is 2.67. The molecule has 0 aliphatic heterocycles. The molecule has 2 N–H and O–H groups in total. The number of carbonyl (C=O) groups excluding carboxylic acids is 1. The van der Waals surface area contributed by atoms with Gasteiger partial charge in [0.2, 0.25) is 0 Å². The third-order valence-corrected chi connectivity index (χ3v) is 4.00. The Morgan fingerprint density at radius 2 is 2.09 bits per heavy atom. The lowest BCUT2D eigenvalue weighted by Gasteiger charge is -2.07. The smallest absolute Gasteiger partial charge is 0.319 e. The van der Waals surface area contributed by atoms with Crippen molar-refractivity contribution in [2.75, 3.05) is 11.9 Å². The van der Waals surface area contributed by atoms with Crippen molar-refractivity contribution < 1.29 is 9.21 Å². The lowest BCUT2D eigenvalue weighted by atomic mass is 10.2. The zero-order valence-corrected chi connectivity index (χ0v) is 13.4. The van der Waals surface area contributed by atoms with Crippen molar-refractivity contribution in [1.29, 1.82) is 0 Å². The van der Waals surface area contributed by atoms with Crippen molar-refractivity contribution in [3.63, 3.8) is 0 Å². The number of nitrogens with one attached hydrogen (secondary N) is 2. The van der Waals surface area contributed by atoms with Gasteiger partial charge in [-0.3, -0.25) is 0 Å². The number of rotatable bonds is 5. The Kier molecular flexibility index (Phi) is 4.68. The fourth-order valence-electron chi connectivity index (χ4n) is 2.05. The zero-order valence-electron chi connectivity index (χ0n) is 12.6. The molecule has 0 saturated heterocycles. The number of carbonyl (C=O) groups is 1. The summed E-state index contributed by atoms with van der Waals surface area (Å²) >= 11 is 1.58. The van der Waals surface area contributed by atoms with E-state index in [1.165, 1.54) is 0 Å². The number of thiazole rings is 1. The molecule has 0 atom stereocenters. The number of aromatic nitrogens is 2. The number of anilines is 1. The van der Waals surface area contributed by atoms with Gasteiger partial charge in [0, 0.05) is 42.7 Å². The van der Waals surface area contributed by atoms with Gasteiger partial charge in [0.25, 0.3) is 0 Å². The monoisotopic (exact) mass is 328 g/mol. The van der Waals surface area contributed by atoms with E-state index in [0.29, 0.717) is 18.2 Å². The van der Waals surface area contributed by atoms with E-state index >= 15 is 0 Å². The summed E-state index contributed by atoms with van der Waals surface area (Å²) in [6, 6.07) is 7.18. The second-order valence-corrected chi connectivity index (χ2v) is 5.86. The second-order valence-electron chi connectivity index (χ2n) is 4.88. The van der Waals surface area contributed by atoms with Crippen LogP contribution >= 0.6 is 11.3 Å². The maximum absolute atomic E-state index is 11.8. The normalized spacial score (nSPS) is 10.5. The number of nitrogens with zero attached hydrogens (tertiary/aromatic N) is 2. The van der Waals surface area contributed by atoms with Gasteiger partial charge in [-0.2, -0.15) is 0 Å². The van der Waals surface area contributed by atoms with Crippen LogP contribution < -0.4 is 10.6 Å². The maximum Gasteiger partial charge on any atom is 0.319 e. The molecular formula is C16H16N4O2S. The molecule has 0 fully saturated rings. The van der Waals surface area contributed by atoms with Crippen LogP contribution in [0, 0.1) is 6.92 Å². The van der Waals surface area contributed by atoms with Crippen molar-refractivity contribution in [2.45, 2.75) is 13.3 Å². The molecule has 0 aliphatic rings. The van der Waals surface area contributed by atoms with Crippen LogP contribution in [-0.2, 0) is 6.42 Å². The summed E-state index contributed by atoms with van der Waals surface area (Å²) in [7, 11) is 0. The molecule has 0 bridgehead atoms. The quantitative estimate of drug-likeness (QED) is 0.751. The Hall–Kier alpha value is -2.67. The number of urea groups is 1. The van der Waals surface area contributed by atoms with Gasteiger partial charge >= 0.3 is 6.03 Å². The van der Waals surface area contributed by atoms with Crippen molar-refractivity contribution in [3.8, 4) is 11.3 Å². The van der Waals surface area contributed by atoms with Crippen molar-refractivity contribution in [2.24, 2.45) is 0 Å². The molecule has 0 spiro atoms. The minimum atomic E-state index is -0.232. The molecule has 0 saturated carbocycles. The van der Waals surface area contributed by atoms with Crippen molar-refractivity contribution in [3.05, 3.63) is 52.9 Å². The second kappa shape index (κ2) is 7.06. The van der Waals surface area contributed by atoms with E-state index in [-0.39, 0.29) is 6.03 Å². The molecule has 2 aromatic heterocycles. The Bertz CT molecular complexity index is 766. The highest BCUT2D eigenvalue weighted by Gasteiger charge is 2.05. The lowest BCUT2D eigenvalue weighted by molar-refractivity contribution is 0.252. The molecule has 3 rings (SSSR count). The summed E-state index contributed by atoms with van der Waals surface area (Å²) < 4.78 is 5.46. The van der Waals surface area contributed by atoms with Gasteiger partial charge in [-0.15, -0.1) is 11.3 Å². The third-order valence-electron chi connectivity index (χ3n) is 3.16. The number of aryl methyl sites for hydroxylation is 1. The van der Waals surface area contributed by atoms with Gasteiger partial charge in [-0.25, -0.2) is 14.8 Å². The average molecular weight is 328 g/mol. The minimum absolute atomic E-state index is 0.232. The Morgan fingerprint density at radius 1 is 1.26 bits per heavy atom. The molecule has 0 radical (unpaired) electrons. The number of amides is 2. The summed E-state index contributed by atoms with van der Waals surface area (Å²) in [5.74, 6) is 1.34. The lowest BCUT2D eigenvalue weighted by Crippen LogP contribution is -2.30. The summed E-state index contributed by atoms with van der Waals surface area (Å²) in [4.78, 5) is 20.1. The Balaban J connectivity index is 1.50. The highest BCUT2D eigenvalue weighted by Crippen LogP contribution is 2.21. The first-order valence-electron chi connectivity index (χ1n) is 7.17. The molecule has 3 aromatic rings. The topological polar surface area (TPSA) is 80.0 Å². The predicted molar refractivity (Wildman–Crippen MR) is 89.5 cm³/mol. The zero-order chi connectivity index (χ0) is 16.1. The van der Waals surface area contributed by atoms with Crippen LogP contribution in [0.3, 0.4) is 0 Å². The summed E-state index contributed by atoms with van der Waals surface area (Å²) in [5, 5.41) is 8.53. The van der Waals surface area contributed by atoms with E-state index in [0.717, 1.165) is 22.7 Å². The molecule has 0 unspecified atom stereocenters. The van der Waals surface area contributed by atoms with E-state index in [9.17, 15) is 4.79 Å². The predicted octanol–water partition coefficient (Wildman–Crippen LogP) is 3.47. The van der Waals surface area contributed by atoms with Crippen LogP contribution in [0.4, 0.5) is 10.5 Å².